The number of phenols is 1. The smallest absolute Gasteiger partial charge is 0.119 e. The van der Waals surface area contributed by atoms with Gasteiger partial charge in [-0.05, 0) is 68.3 Å². The Bertz CT molecular complexity index is 520. The van der Waals surface area contributed by atoms with Gasteiger partial charge in [-0.2, -0.15) is 0 Å². The van der Waals surface area contributed by atoms with Gasteiger partial charge in [0, 0.05) is 12.0 Å². The second kappa shape index (κ2) is 6.23. The van der Waals surface area contributed by atoms with Crippen molar-refractivity contribution >= 4 is 0 Å². The number of hydrogen-bond donors (Lipinski definition) is 1. The molecule has 2 heteroatoms. The van der Waals surface area contributed by atoms with Crippen LogP contribution in [0, 0.1) is 5.92 Å². The SMILES string of the molecule is Oc1cccc2c1CC[C@H]1[C@@H]2CCN1CCCC1CCCC1. The molecule has 120 valence electrons. The van der Waals surface area contributed by atoms with Crippen LogP contribution < -0.4 is 0 Å². The Kier molecular flexibility index (Phi) is 4.13. The second-order valence-corrected chi connectivity index (χ2v) is 7.67. The van der Waals surface area contributed by atoms with Gasteiger partial charge in [0.1, 0.15) is 5.75 Å². The minimum absolute atomic E-state index is 0.524. The molecule has 3 aliphatic rings. The van der Waals surface area contributed by atoms with E-state index in [1.807, 2.05) is 12.1 Å². The Morgan fingerprint density at radius 3 is 2.82 bits per heavy atom. The number of phenolic OH excluding ortho intramolecular Hbond substituents is 1. The number of fused-ring (bicyclic) bond motifs is 3. The quantitative estimate of drug-likeness (QED) is 0.887. The van der Waals surface area contributed by atoms with Crippen LogP contribution in [0.25, 0.3) is 0 Å². The number of nitrogens with zero attached hydrogens (tertiary/aromatic N) is 1. The lowest BCUT2D eigenvalue weighted by Gasteiger charge is -2.33. The predicted octanol–water partition coefficient (Wildman–Crippen LogP) is 4.47. The van der Waals surface area contributed by atoms with Gasteiger partial charge >= 0.3 is 0 Å². The molecule has 0 unspecified atom stereocenters. The van der Waals surface area contributed by atoms with Crippen LogP contribution in [0.15, 0.2) is 18.2 Å². The minimum atomic E-state index is 0.524. The summed E-state index contributed by atoms with van der Waals surface area (Å²) in [4.78, 5) is 2.76. The van der Waals surface area contributed by atoms with E-state index in [0.29, 0.717) is 11.7 Å². The van der Waals surface area contributed by atoms with E-state index in [1.54, 1.807) is 0 Å². The molecular weight excluding hydrogens is 270 g/mol. The van der Waals surface area contributed by atoms with E-state index >= 15 is 0 Å². The van der Waals surface area contributed by atoms with Gasteiger partial charge in [0.15, 0.2) is 0 Å². The Morgan fingerprint density at radius 1 is 1.09 bits per heavy atom. The monoisotopic (exact) mass is 299 g/mol. The molecule has 1 aromatic carbocycles. The van der Waals surface area contributed by atoms with Crippen LogP contribution in [0.3, 0.4) is 0 Å². The van der Waals surface area contributed by atoms with Gasteiger partial charge in [-0.1, -0.05) is 37.8 Å². The summed E-state index contributed by atoms with van der Waals surface area (Å²) < 4.78 is 0. The van der Waals surface area contributed by atoms with E-state index in [4.69, 9.17) is 0 Å². The van der Waals surface area contributed by atoms with Crippen LogP contribution in [0.4, 0.5) is 0 Å². The van der Waals surface area contributed by atoms with E-state index < -0.39 is 0 Å². The molecule has 0 radical (unpaired) electrons. The molecule has 2 nitrogen and oxygen atoms in total. The Morgan fingerprint density at radius 2 is 1.95 bits per heavy atom. The summed E-state index contributed by atoms with van der Waals surface area (Å²) in [6.07, 6.45) is 12.3. The maximum atomic E-state index is 10.1. The van der Waals surface area contributed by atoms with E-state index in [-0.39, 0.29) is 0 Å². The van der Waals surface area contributed by atoms with Crippen molar-refractivity contribution in [1.82, 2.24) is 4.90 Å². The van der Waals surface area contributed by atoms with Crippen LogP contribution in [0.5, 0.6) is 5.75 Å². The van der Waals surface area contributed by atoms with Crippen molar-refractivity contribution in [3.05, 3.63) is 29.3 Å². The molecule has 1 saturated heterocycles. The number of hydrogen-bond acceptors (Lipinski definition) is 2. The summed E-state index contributed by atoms with van der Waals surface area (Å²) in [5.41, 5.74) is 2.67. The van der Waals surface area contributed by atoms with Crippen molar-refractivity contribution in [2.75, 3.05) is 13.1 Å². The van der Waals surface area contributed by atoms with E-state index in [9.17, 15) is 5.11 Å². The molecular formula is C20H29NO. The highest BCUT2D eigenvalue weighted by Gasteiger charge is 2.38. The summed E-state index contributed by atoms with van der Waals surface area (Å²) in [6.45, 7) is 2.56. The largest absolute Gasteiger partial charge is 0.508 e. The highest BCUT2D eigenvalue weighted by atomic mass is 16.3. The van der Waals surface area contributed by atoms with Crippen LogP contribution >= 0.6 is 0 Å². The van der Waals surface area contributed by atoms with E-state index in [1.165, 1.54) is 75.6 Å². The molecule has 4 rings (SSSR count). The summed E-state index contributed by atoms with van der Waals surface area (Å²) in [5.74, 6) is 2.22. The van der Waals surface area contributed by atoms with Crippen molar-refractivity contribution < 1.29 is 5.11 Å². The highest BCUT2D eigenvalue weighted by molar-refractivity contribution is 5.44. The van der Waals surface area contributed by atoms with Crippen molar-refractivity contribution in [3.63, 3.8) is 0 Å². The molecule has 0 amide bonds. The molecule has 1 aliphatic heterocycles. The van der Waals surface area contributed by atoms with Crippen molar-refractivity contribution in [3.8, 4) is 5.75 Å². The second-order valence-electron chi connectivity index (χ2n) is 7.67. The first kappa shape index (κ1) is 14.6. The van der Waals surface area contributed by atoms with Crippen LogP contribution in [0.2, 0.25) is 0 Å². The zero-order chi connectivity index (χ0) is 14.9. The van der Waals surface area contributed by atoms with Gasteiger partial charge in [-0.25, -0.2) is 0 Å². The molecule has 22 heavy (non-hydrogen) atoms. The molecule has 0 bridgehead atoms. The fraction of sp³-hybridized carbons (Fsp3) is 0.700. The molecule has 0 aromatic heterocycles. The average Bonchev–Trinajstić information content (AvgIpc) is 3.18. The van der Waals surface area contributed by atoms with Gasteiger partial charge in [0.25, 0.3) is 0 Å². The number of likely N-dealkylation sites (tertiary alicyclic amines) is 1. The van der Waals surface area contributed by atoms with Crippen molar-refractivity contribution in [1.29, 1.82) is 0 Å². The molecule has 2 atom stereocenters. The third-order valence-corrected chi connectivity index (χ3v) is 6.47. The fourth-order valence-electron chi connectivity index (χ4n) is 5.33. The Hall–Kier alpha value is -1.02. The first-order valence-electron chi connectivity index (χ1n) is 9.38. The maximum Gasteiger partial charge on any atom is 0.119 e. The Labute approximate surface area is 134 Å². The predicted molar refractivity (Wildman–Crippen MR) is 90.3 cm³/mol. The summed E-state index contributed by atoms with van der Waals surface area (Å²) in [6, 6.07) is 6.87. The van der Waals surface area contributed by atoms with E-state index in [0.717, 1.165) is 18.4 Å². The first-order valence-corrected chi connectivity index (χ1v) is 9.38. The third kappa shape index (κ3) is 2.67. The molecule has 1 saturated carbocycles. The van der Waals surface area contributed by atoms with Crippen LogP contribution in [-0.2, 0) is 6.42 Å². The van der Waals surface area contributed by atoms with Gasteiger partial charge in [-0.15, -0.1) is 0 Å². The lowest BCUT2D eigenvalue weighted by Crippen LogP contribution is -2.35. The highest BCUT2D eigenvalue weighted by Crippen LogP contribution is 2.44. The molecule has 2 aliphatic carbocycles. The maximum absolute atomic E-state index is 10.1. The lowest BCUT2D eigenvalue weighted by molar-refractivity contribution is 0.217. The normalized spacial score (nSPS) is 28.7. The summed E-state index contributed by atoms with van der Waals surface area (Å²) >= 11 is 0. The van der Waals surface area contributed by atoms with Crippen LogP contribution in [0.1, 0.15) is 68.4 Å². The van der Waals surface area contributed by atoms with Crippen LogP contribution in [-0.4, -0.2) is 29.1 Å². The fourth-order valence-corrected chi connectivity index (χ4v) is 5.33. The summed E-state index contributed by atoms with van der Waals surface area (Å²) in [5, 5.41) is 10.1. The number of aromatic hydroxyl groups is 1. The van der Waals surface area contributed by atoms with Crippen molar-refractivity contribution in [2.24, 2.45) is 5.92 Å². The molecule has 1 N–H and O–H groups in total. The molecule has 1 aromatic rings. The molecule has 2 fully saturated rings. The van der Waals surface area contributed by atoms with Gasteiger partial charge in [-0.3, -0.25) is 4.90 Å². The number of rotatable bonds is 4. The lowest BCUT2D eigenvalue weighted by atomic mass is 9.79. The zero-order valence-corrected chi connectivity index (χ0v) is 13.6. The minimum Gasteiger partial charge on any atom is -0.508 e. The van der Waals surface area contributed by atoms with Crippen molar-refractivity contribution in [2.45, 2.75) is 69.7 Å². The van der Waals surface area contributed by atoms with E-state index in [2.05, 4.69) is 11.0 Å². The average molecular weight is 299 g/mol. The zero-order valence-electron chi connectivity index (χ0n) is 13.6. The van der Waals surface area contributed by atoms with Gasteiger partial charge in [0.2, 0.25) is 0 Å². The standard InChI is InChI=1S/C20H29NO/c22-20-9-3-8-16-17-12-14-21(19(17)11-10-18(16)20)13-4-7-15-5-1-2-6-15/h3,8-9,15,17,19,22H,1-2,4-7,10-14H2/t17-,19+/m1/s1. The molecule has 1 heterocycles. The first-order chi connectivity index (χ1) is 10.8. The third-order valence-electron chi connectivity index (χ3n) is 6.47. The van der Waals surface area contributed by atoms with Gasteiger partial charge < -0.3 is 5.11 Å². The Balaban J connectivity index is 1.37. The summed E-state index contributed by atoms with van der Waals surface area (Å²) in [7, 11) is 0. The topological polar surface area (TPSA) is 23.5 Å². The molecule has 0 spiro atoms. The van der Waals surface area contributed by atoms with Gasteiger partial charge in [0.05, 0.1) is 0 Å². The number of benzene rings is 1.